The van der Waals surface area contributed by atoms with Crippen LogP contribution in [0.4, 0.5) is 4.79 Å². The van der Waals surface area contributed by atoms with E-state index < -0.39 is 16.3 Å². The van der Waals surface area contributed by atoms with Crippen LogP contribution >= 0.6 is 0 Å². The first-order valence-corrected chi connectivity index (χ1v) is 7.61. The smallest absolute Gasteiger partial charge is 0.421 e. The summed E-state index contributed by atoms with van der Waals surface area (Å²) in [5, 5.41) is 0. The average Bonchev–Trinajstić information content (AvgIpc) is 2.20. The van der Waals surface area contributed by atoms with Crippen LogP contribution in [-0.4, -0.2) is 44.6 Å². The van der Waals surface area contributed by atoms with Crippen molar-refractivity contribution in [2.45, 2.75) is 38.6 Å². The number of rotatable bonds is 7. The highest BCUT2D eigenvalue weighted by Gasteiger charge is 2.34. The first-order chi connectivity index (χ1) is 8.51. The molecule has 1 amide bonds. The Balaban J connectivity index is 2.66. The topological polar surface area (TPSA) is 102 Å². The summed E-state index contributed by atoms with van der Waals surface area (Å²) in [6.45, 7) is 2.49. The molecule has 0 heterocycles. The molecule has 1 aliphatic rings. The average molecular weight is 279 g/mol. The van der Waals surface area contributed by atoms with Crippen LogP contribution in [0.25, 0.3) is 0 Å². The van der Waals surface area contributed by atoms with Crippen LogP contribution < -0.4 is 10.5 Å². The van der Waals surface area contributed by atoms with Crippen LogP contribution in [0.3, 0.4) is 0 Å². The Morgan fingerprint density at radius 3 is 2.61 bits per heavy atom. The van der Waals surface area contributed by atoms with Gasteiger partial charge in [0.25, 0.3) is 0 Å². The van der Waals surface area contributed by atoms with Gasteiger partial charge in [-0.15, -0.1) is 0 Å². The molecule has 0 saturated heterocycles. The monoisotopic (exact) mass is 279 g/mol. The SMILES string of the molecule is CCOC(=O)NS(=O)(=O)N(CCCN)C1CCC1. The quantitative estimate of drug-likeness (QED) is 0.692. The van der Waals surface area contributed by atoms with Gasteiger partial charge >= 0.3 is 16.3 Å². The Morgan fingerprint density at radius 1 is 1.50 bits per heavy atom. The molecular weight excluding hydrogens is 258 g/mol. The maximum absolute atomic E-state index is 12.0. The van der Waals surface area contributed by atoms with E-state index >= 15 is 0 Å². The normalized spacial score (nSPS) is 16.4. The molecule has 0 atom stereocenters. The minimum atomic E-state index is -3.82. The van der Waals surface area contributed by atoms with Crippen molar-refractivity contribution >= 4 is 16.3 Å². The van der Waals surface area contributed by atoms with Crippen molar-refractivity contribution < 1.29 is 17.9 Å². The van der Waals surface area contributed by atoms with Crippen molar-refractivity contribution in [3.05, 3.63) is 0 Å². The van der Waals surface area contributed by atoms with Crippen LogP contribution in [0.2, 0.25) is 0 Å². The molecule has 0 aromatic heterocycles. The van der Waals surface area contributed by atoms with E-state index in [2.05, 4.69) is 4.74 Å². The second kappa shape index (κ2) is 6.91. The van der Waals surface area contributed by atoms with Crippen LogP contribution in [0.1, 0.15) is 32.6 Å². The number of hydrogen-bond donors (Lipinski definition) is 2. The number of nitrogens with two attached hydrogens (primary N) is 1. The molecule has 7 nitrogen and oxygen atoms in total. The lowest BCUT2D eigenvalue weighted by Crippen LogP contribution is -2.51. The molecule has 0 aliphatic heterocycles. The summed E-state index contributed by atoms with van der Waals surface area (Å²) in [4.78, 5) is 11.2. The molecule has 0 unspecified atom stereocenters. The molecule has 18 heavy (non-hydrogen) atoms. The highest BCUT2D eigenvalue weighted by molar-refractivity contribution is 7.87. The van der Waals surface area contributed by atoms with Gasteiger partial charge in [0.1, 0.15) is 0 Å². The standard InChI is InChI=1S/C10H21N3O4S/c1-2-17-10(14)12-18(15,16)13(8-4-7-11)9-5-3-6-9/h9H,2-8,11H2,1H3,(H,12,14). The van der Waals surface area contributed by atoms with Gasteiger partial charge < -0.3 is 10.5 Å². The van der Waals surface area contributed by atoms with Crippen molar-refractivity contribution in [3.63, 3.8) is 0 Å². The summed E-state index contributed by atoms with van der Waals surface area (Å²) >= 11 is 0. The van der Waals surface area contributed by atoms with Crippen molar-refractivity contribution in [1.29, 1.82) is 0 Å². The van der Waals surface area contributed by atoms with Gasteiger partial charge in [-0.25, -0.2) is 9.52 Å². The van der Waals surface area contributed by atoms with E-state index in [0.717, 1.165) is 19.3 Å². The summed E-state index contributed by atoms with van der Waals surface area (Å²) in [7, 11) is -3.82. The fourth-order valence-corrected chi connectivity index (χ4v) is 3.10. The maximum Gasteiger partial charge on any atom is 0.421 e. The minimum absolute atomic E-state index is 0.0246. The lowest BCUT2D eigenvalue weighted by molar-refractivity contribution is 0.156. The predicted octanol–water partition coefficient (Wildman–Crippen LogP) is 0.181. The fraction of sp³-hybridized carbons (Fsp3) is 0.900. The van der Waals surface area contributed by atoms with E-state index in [4.69, 9.17) is 5.73 Å². The van der Waals surface area contributed by atoms with E-state index in [1.165, 1.54) is 4.31 Å². The highest BCUT2D eigenvalue weighted by Crippen LogP contribution is 2.26. The Hall–Kier alpha value is -0.860. The third kappa shape index (κ3) is 4.11. The van der Waals surface area contributed by atoms with Gasteiger partial charge in [-0.1, -0.05) is 6.42 Å². The number of ether oxygens (including phenoxy) is 1. The van der Waals surface area contributed by atoms with Crippen LogP contribution in [0, 0.1) is 0 Å². The zero-order valence-corrected chi connectivity index (χ0v) is 11.4. The third-order valence-corrected chi connectivity index (χ3v) is 4.38. The number of nitrogens with zero attached hydrogens (tertiary/aromatic N) is 1. The van der Waals surface area contributed by atoms with Gasteiger partial charge in [0.15, 0.2) is 0 Å². The van der Waals surface area contributed by atoms with Gasteiger partial charge in [-0.3, -0.25) is 0 Å². The third-order valence-electron chi connectivity index (χ3n) is 2.86. The molecular formula is C10H21N3O4S. The molecule has 1 fully saturated rings. The number of nitrogens with one attached hydrogen (secondary N) is 1. The minimum Gasteiger partial charge on any atom is -0.449 e. The fourth-order valence-electron chi connectivity index (χ4n) is 1.75. The summed E-state index contributed by atoms with van der Waals surface area (Å²) in [6, 6.07) is -0.0246. The molecule has 1 aliphatic carbocycles. The number of hydrogen-bond acceptors (Lipinski definition) is 5. The first-order valence-electron chi connectivity index (χ1n) is 6.17. The molecule has 0 radical (unpaired) electrons. The summed E-state index contributed by atoms with van der Waals surface area (Å²) in [5.74, 6) is 0. The second-order valence-corrected chi connectivity index (χ2v) is 5.79. The van der Waals surface area contributed by atoms with E-state index in [1.54, 1.807) is 6.92 Å². The lowest BCUT2D eigenvalue weighted by atomic mass is 9.93. The number of amides is 1. The zero-order valence-electron chi connectivity index (χ0n) is 10.6. The Bertz CT molecular complexity index is 367. The van der Waals surface area contributed by atoms with Gasteiger partial charge in [-0.2, -0.15) is 12.7 Å². The Kier molecular flexibility index (Phi) is 5.83. The summed E-state index contributed by atoms with van der Waals surface area (Å²) in [5.41, 5.74) is 5.40. The molecule has 1 rings (SSSR count). The molecule has 8 heteroatoms. The number of carbonyl (C=O) groups is 1. The largest absolute Gasteiger partial charge is 0.449 e. The van der Waals surface area contributed by atoms with E-state index in [0.29, 0.717) is 19.5 Å². The first kappa shape index (κ1) is 15.2. The van der Waals surface area contributed by atoms with Crippen molar-refractivity contribution in [2.75, 3.05) is 19.7 Å². The molecule has 0 spiro atoms. The van der Waals surface area contributed by atoms with E-state index in [-0.39, 0.29) is 12.6 Å². The second-order valence-electron chi connectivity index (χ2n) is 4.17. The van der Waals surface area contributed by atoms with Gasteiger partial charge in [-0.05, 0) is 32.7 Å². The van der Waals surface area contributed by atoms with Crippen molar-refractivity contribution in [2.24, 2.45) is 5.73 Å². The molecule has 3 N–H and O–H groups in total. The van der Waals surface area contributed by atoms with Gasteiger partial charge in [0.2, 0.25) is 0 Å². The number of carbonyl (C=O) groups excluding carboxylic acids is 1. The molecule has 1 saturated carbocycles. The van der Waals surface area contributed by atoms with E-state index in [1.807, 2.05) is 4.72 Å². The van der Waals surface area contributed by atoms with Crippen molar-refractivity contribution in [1.82, 2.24) is 9.03 Å². The predicted molar refractivity (Wildman–Crippen MR) is 67.1 cm³/mol. The van der Waals surface area contributed by atoms with Crippen LogP contribution in [-0.2, 0) is 14.9 Å². The Labute approximate surface area is 108 Å². The molecule has 0 aromatic carbocycles. The maximum atomic E-state index is 12.0. The molecule has 106 valence electrons. The van der Waals surface area contributed by atoms with Crippen molar-refractivity contribution in [3.8, 4) is 0 Å². The zero-order chi connectivity index (χ0) is 13.6. The Morgan fingerprint density at radius 2 is 2.17 bits per heavy atom. The summed E-state index contributed by atoms with van der Waals surface area (Å²) < 4.78 is 31.9. The molecule has 0 aromatic rings. The lowest BCUT2D eigenvalue weighted by Gasteiger charge is -2.36. The van der Waals surface area contributed by atoms with Crippen LogP contribution in [0.15, 0.2) is 0 Å². The highest BCUT2D eigenvalue weighted by atomic mass is 32.2. The van der Waals surface area contributed by atoms with Gasteiger partial charge in [0, 0.05) is 12.6 Å². The van der Waals surface area contributed by atoms with E-state index in [9.17, 15) is 13.2 Å². The van der Waals surface area contributed by atoms with Gasteiger partial charge in [0.05, 0.1) is 6.61 Å². The summed E-state index contributed by atoms with van der Waals surface area (Å²) in [6.07, 6.45) is 2.30. The van der Waals surface area contributed by atoms with Crippen LogP contribution in [0.5, 0.6) is 0 Å². The molecule has 0 bridgehead atoms.